The number of carbonyl (C=O) groups excluding carboxylic acids is 2. The van der Waals surface area contributed by atoms with Crippen LogP contribution in [0.4, 0.5) is 20.3 Å². The van der Waals surface area contributed by atoms with Gasteiger partial charge in [-0.05, 0) is 37.7 Å². The van der Waals surface area contributed by atoms with Crippen LogP contribution in [0.5, 0.6) is 0 Å². The minimum atomic E-state index is -3.31. The topological polar surface area (TPSA) is 110 Å². The van der Waals surface area contributed by atoms with Crippen molar-refractivity contribution < 1.29 is 28.3 Å². The summed E-state index contributed by atoms with van der Waals surface area (Å²) in [6.07, 6.45) is 3.31. The third-order valence-corrected chi connectivity index (χ3v) is 10.4. The van der Waals surface area contributed by atoms with E-state index in [-0.39, 0.29) is 19.1 Å². The number of aromatic nitrogens is 3. The molecule has 3 aliphatic heterocycles. The van der Waals surface area contributed by atoms with Gasteiger partial charge in [0.15, 0.2) is 5.60 Å². The number of nitrogens with zero attached hydrogens (tertiary/aromatic N) is 5. The van der Waals surface area contributed by atoms with Crippen molar-refractivity contribution >= 4 is 31.8 Å². The average molecular weight is 544 g/mol. The van der Waals surface area contributed by atoms with Gasteiger partial charge in [-0.25, -0.2) is 4.79 Å². The van der Waals surface area contributed by atoms with Gasteiger partial charge in [-0.15, -0.1) is 11.7 Å². The van der Waals surface area contributed by atoms with Crippen LogP contribution in [0.15, 0.2) is 37.1 Å². The predicted molar refractivity (Wildman–Crippen MR) is 141 cm³/mol. The second-order valence-electron chi connectivity index (χ2n) is 10.7. The maximum atomic E-state index is 16.0. The van der Waals surface area contributed by atoms with Crippen LogP contribution in [-0.4, -0.2) is 72.9 Å². The van der Waals surface area contributed by atoms with Gasteiger partial charge < -0.3 is 23.6 Å². The number of aliphatic hydroxyl groups excluding tert-OH is 1. The van der Waals surface area contributed by atoms with Crippen LogP contribution < -0.4 is 9.80 Å². The minimum absolute atomic E-state index is 0.0198. The summed E-state index contributed by atoms with van der Waals surface area (Å²) in [6.45, 7) is 10.5. The third kappa shape index (κ3) is 4.24. The molecule has 38 heavy (non-hydrogen) atoms. The second-order valence-corrected chi connectivity index (χ2v) is 14.5. The number of anilines is 2. The summed E-state index contributed by atoms with van der Waals surface area (Å²) in [5.74, 6) is -0.681. The molecule has 0 unspecified atom stereocenters. The van der Waals surface area contributed by atoms with Crippen LogP contribution in [0, 0.1) is 5.92 Å². The molecule has 2 saturated heterocycles. The molecular weight excluding hydrogens is 509 g/mol. The quantitative estimate of drug-likeness (QED) is 0.294. The lowest BCUT2D eigenvalue weighted by molar-refractivity contribution is -0.145. The van der Waals surface area contributed by atoms with E-state index in [2.05, 4.69) is 16.9 Å². The van der Waals surface area contributed by atoms with Crippen LogP contribution in [0.1, 0.15) is 24.6 Å². The largest absolute Gasteiger partial charge is 0.447 e. The number of aliphatic hydroxyl groups is 1. The van der Waals surface area contributed by atoms with Crippen molar-refractivity contribution in [1.82, 2.24) is 15.0 Å². The lowest BCUT2D eigenvalue weighted by atomic mass is 9.82. The molecule has 4 atom stereocenters. The number of fused-ring (bicyclic) bond motifs is 2. The van der Waals surface area contributed by atoms with Gasteiger partial charge in [-0.3, -0.25) is 14.4 Å². The maximum Gasteiger partial charge on any atom is 0.414 e. The first kappa shape index (κ1) is 26.5. The van der Waals surface area contributed by atoms with E-state index in [1.165, 1.54) is 4.90 Å². The van der Waals surface area contributed by atoms with Gasteiger partial charge in [0.1, 0.15) is 6.61 Å². The summed E-state index contributed by atoms with van der Waals surface area (Å²) in [5, 5.41) is 17.4. The van der Waals surface area contributed by atoms with Gasteiger partial charge in [0.2, 0.25) is 8.41 Å². The van der Waals surface area contributed by atoms with Gasteiger partial charge in [-0.1, -0.05) is 18.2 Å². The Balaban J connectivity index is 1.53. The highest BCUT2D eigenvalue weighted by atomic mass is 28.4. The fourth-order valence-corrected chi connectivity index (χ4v) is 8.89. The van der Waals surface area contributed by atoms with Crippen molar-refractivity contribution in [1.29, 1.82) is 0 Å². The molecule has 0 saturated carbocycles. The van der Waals surface area contributed by atoms with Gasteiger partial charge in [0.05, 0.1) is 24.0 Å². The van der Waals surface area contributed by atoms with Crippen LogP contribution in [0.2, 0.25) is 18.6 Å². The number of hydrogen-bond donors (Lipinski definition) is 1. The number of benzene rings is 1. The number of hydrogen-bond acceptors (Lipinski definition) is 7. The lowest BCUT2D eigenvalue weighted by Crippen LogP contribution is -2.45. The molecule has 5 rings (SSSR count). The number of ether oxygens (including phenoxy) is 2. The first-order valence-corrected chi connectivity index (χ1v) is 16.0. The zero-order valence-electron chi connectivity index (χ0n) is 22.0. The molecule has 1 N–H and O–H groups in total. The molecule has 2 aromatic rings. The monoisotopic (exact) mass is 543 g/mol. The van der Waals surface area contributed by atoms with E-state index in [1.807, 2.05) is 19.1 Å². The Kier molecular flexibility index (Phi) is 6.91. The van der Waals surface area contributed by atoms with Crippen LogP contribution in [0.25, 0.3) is 0 Å². The summed E-state index contributed by atoms with van der Waals surface area (Å²) in [5.41, 5.74) is 0.781. The molecule has 1 spiro atoms. The zero-order valence-corrected chi connectivity index (χ0v) is 23.0. The van der Waals surface area contributed by atoms with E-state index in [9.17, 15) is 9.59 Å². The van der Waals surface area contributed by atoms with Crippen molar-refractivity contribution in [2.24, 2.45) is 5.92 Å². The highest BCUT2D eigenvalue weighted by Gasteiger charge is 2.66. The van der Waals surface area contributed by atoms with Crippen molar-refractivity contribution in [2.45, 2.75) is 56.7 Å². The van der Waals surface area contributed by atoms with Gasteiger partial charge in [-0.2, -0.15) is 0 Å². The minimum Gasteiger partial charge on any atom is -0.447 e. The van der Waals surface area contributed by atoms with E-state index in [0.29, 0.717) is 55.2 Å². The zero-order chi connectivity index (χ0) is 27.2. The lowest BCUT2D eigenvalue weighted by Gasteiger charge is -2.31. The number of cyclic esters (lactones) is 1. The number of rotatable bonds is 9. The van der Waals surface area contributed by atoms with Gasteiger partial charge in [0, 0.05) is 55.0 Å². The molecule has 3 aliphatic rings. The van der Waals surface area contributed by atoms with Crippen molar-refractivity contribution in [3.8, 4) is 0 Å². The molecule has 4 heterocycles. The van der Waals surface area contributed by atoms with Crippen molar-refractivity contribution in [2.75, 3.05) is 36.1 Å². The molecule has 0 aliphatic carbocycles. The molecule has 204 valence electrons. The van der Waals surface area contributed by atoms with E-state index >= 15 is 4.11 Å². The Morgan fingerprint density at radius 1 is 1.34 bits per heavy atom. The third-order valence-electron chi connectivity index (χ3n) is 7.93. The van der Waals surface area contributed by atoms with Crippen LogP contribution in [0.3, 0.4) is 0 Å². The molecule has 0 bridgehead atoms. The molecular formula is C26H34FN5O5Si. The molecule has 12 heteroatoms. The first-order chi connectivity index (χ1) is 18.1. The van der Waals surface area contributed by atoms with E-state index < -0.39 is 37.7 Å². The smallest absolute Gasteiger partial charge is 0.414 e. The van der Waals surface area contributed by atoms with E-state index in [0.717, 1.165) is 0 Å². The molecule has 2 fully saturated rings. The fraction of sp³-hybridized carbons (Fsp3) is 0.538. The Morgan fingerprint density at radius 3 is 2.79 bits per heavy atom. The number of carbonyl (C=O) groups is 2. The fourth-order valence-electron chi connectivity index (χ4n) is 6.35. The summed E-state index contributed by atoms with van der Waals surface area (Å²) in [6, 6.07) is 5.44. The Morgan fingerprint density at radius 2 is 2.13 bits per heavy atom. The number of aryl methyl sites for hydroxylation is 1. The van der Waals surface area contributed by atoms with Gasteiger partial charge in [0.25, 0.3) is 5.91 Å². The van der Waals surface area contributed by atoms with E-state index in [1.54, 1.807) is 41.0 Å². The molecule has 1 aromatic carbocycles. The molecule has 2 amide bonds. The van der Waals surface area contributed by atoms with Crippen LogP contribution in [-0.2, 0) is 32.8 Å². The average Bonchev–Trinajstić information content (AvgIpc) is 3.61. The van der Waals surface area contributed by atoms with Crippen molar-refractivity contribution in [3.63, 3.8) is 0 Å². The Hall–Kier alpha value is -3.09. The standard InChI is InChI=1S/C26H34FN5O5Si/c1-5-10-32-21-7-6-19(31-12-14-36-25(31)35)15-20(21)26(24(32)34)17(2)23(38(3,4)27)22(37-26)8-11-30-16-18(9-13-33)28-29-30/h5-7,15-17,22-23,33H,1,8-14H2,2-4H3/t17-,22+,23-,26+/m0/s1. The second kappa shape index (κ2) is 9.90. The van der Waals surface area contributed by atoms with Crippen molar-refractivity contribution in [3.05, 3.63) is 48.3 Å². The normalized spacial score (nSPS) is 26.9. The summed E-state index contributed by atoms with van der Waals surface area (Å²) in [4.78, 5) is 29.6. The summed E-state index contributed by atoms with van der Waals surface area (Å²) in [7, 11) is -3.31. The maximum absolute atomic E-state index is 16.0. The SMILES string of the molecule is C=CCN1C(=O)[C@]2(O[C@H](CCn3cc(CCO)nn3)[C@@H]([Si](C)(C)F)[C@@H]2C)c2cc(N3CCOC3=O)ccc21. The van der Waals surface area contributed by atoms with Crippen LogP contribution >= 0.6 is 0 Å². The molecule has 10 nitrogen and oxygen atoms in total. The highest BCUT2D eigenvalue weighted by Crippen LogP contribution is 2.60. The Labute approximate surface area is 222 Å². The van der Waals surface area contributed by atoms with E-state index in [4.69, 9.17) is 14.6 Å². The number of halogens is 1. The van der Waals surface area contributed by atoms with Gasteiger partial charge >= 0.3 is 6.09 Å². The summed E-state index contributed by atoms with van der Waals surface area (Å²) < 4.78 is 29.5. The first-order valence-electron chi connectivity index (χ1n) is 13.0. The highest BCUT2D eigenvalue weighted by molar-refractivity contribution is 6.72. The number of amides is 2. The predicted octanol–water partition coefficient (Wildman–Crippen LogP) is 3.17. The Bertz CT molecular complexity index is 1250. The summed E-state index contributed by atoms with van der Waals surface area (Å²) >= 11 is 0. The molecule has 1 aromatic heterocycles. The molecule has 0 radical (unpaired) electrons.